The second-order valence-electron chi connectivity index (χ2n) is 3.72. The van der Waals surface area contributed by atoms with E-state index in [1.807, 2.05) is 31.2 Å². The molecule has 0 saturated carbocycles. The molecule has 1 heterocycles. The first-order chi connectivity index (χ1) is 8.58. The molecule has 2 rings (SSSR count). The van der Waals surface area contributed by atoms with Gasteiger partial charge in [0.1, 0.15) is 5.82 Å². The van der Waals surface area contributed by atoms with Crippen molar-refractivity contribution in [3.05, 3.63) is 38.0 Å². The molecule has 94 valence electrons. The van der Waals surface area contributed by atoms with Crippen LogP contribution >= 0.6 is 38.5 Å². The molecule has 0 aliphatic carbocycles. The van der Waals surface area contributed by atoms with Gasteiger partial charge in [-0.1, -0.05) is 15.9 Å². The molecule has 6 heteroatoms. The van der Waals surface area contributed by atoms with Crippen LogP contribution in [0.2, 0.25) is 0 Å². The predicted molar refractivity (Wildman–Crippen MR) is 86.5 cm³/mol. The average Bonchev–Trinajstić information content (AvgIpc) is 2.33. The van der Waals surface area contributed by atoms with E-state index in [-0.39, 0.29) is 0 Å². The molecule has 0 atom stereocenters. The van der Waals surface area contributed by atoms with Crippen LogP contribution in [0, 0.1) is 10.5 Å². The highest BCUT2D eigenvalue weighted by Gasteiger charge is 2.04. The van der Waals surface area contributed by atoms with Crippen molar-refractivity contribution >= 4 is 56.0 Å². The average molecular weight is 419 g/mol. The van der Waals surface area contributed by atoms with E-state index in [1.54, 1.807) is 7.05 Å². The molecule has 2 N–H and O–H groups in total. The van der Waals surface area contributed by atoms with Gasteiger partial charge in [0.05, 0.1) is 5.69 Å². The van der Waals surface area contributed by atoms with Crippen LogP contribution in [-0.4, -0.2) is 17.0 Å². The zero-order chi connectivity index (χ0) is 13.1. The molecule has 0 radical (unpaired) electrons. The molecule has 2 aromatic rings. The normalized spacial score (nSPS) is 10.2. The molecule has 0 spiro atoms. The maximum Gasteiger partial charge on any atom is 0.224 e. The third-order valence-corrected chi connectivity index (χ3v) is 3.70. The van der Waals surface area contributed by atoms with Crippen LogP contribution in [0.1, 0.15) is 5.69 Å². The van der Waals surface area contributed by atoms with Crippen molar-refractivity contribution in [1.29, 1.82) is 0 Å². The van der Waals surface area contributed by atoms with E-state index in [0.29, 0.717) is 5.95 Å². The molecule has 0 unspecified atom stereocenters. The van der Waals surface area contributed by atoms with Gasteiger partial charge in [0.15, 0.2) is 0 Å². The first kappa shape index (κ1) is 13.5. The number of hydrogen-bond acceptors (Lipinski definition) is 4. The summed E-state index contributed by atoms with van der Waals surface area (Å²) in [5.41, 5.74) is 1.94. The fourth-order valence-corrected chi connectivity index (χ4v) is 2.31. The van der Waals surface area contributed by atoms with Gasteiger partial charge in [0.2, 0.25) is 5.95 Å². The number of nitrogens with one attached hydrogen (secondary N) is 2. The van der Waals surface area contributed by atoms with E-state index < -0.39 is 0 Å². The number of hydrogen-bond donors (Lipinski definition) is 2. The summed E-state index contributed by atoms with van der Waals surface area (Å²) in [6.45, 7) is 1.94. The van der Waals surface area contributed by atoms with Crippen molar-refractivity contribution in [1.82, 2.24) is 9.97 Å². The summed E-state index contributed by atoms with van der Waals surface area (Å²) in [7, 11) is 1.81. The van der Waals surface area contributed by atoms with E-state index >= 15 is 0 Å². The quantitative estimate of drug-likeness (QED) is 0.741. The Balaban J connectivity index is 2.33. The lowest BCUT2D eigenvalue weighted by Crippen LogP contribution is -2.02. The molecule has 0 saturated heterocycles. The van der Waals surface area contributed by atoms with Crippen LogP contribution in [-0.2, 0) is 0 Å². The van der Waals surface area contributed by atoms with Crippen molar-refractivity contribution in [3.63, 3.8) is 0 Å². The second kappa shape index (κ2) is 5.83. The summed E-state index contributed by atoms with van der Waals surface area (Å²) in [4.78, 5) is 8.63. The molecule has 0 aliphatic rings. The third kappa shape index (κ3) is 3.32. The molecule has 0 bridgehead atoms. The van der Waals surface area contributed by atoms with Gasteiger partial charge in [-0.3, -0.25) is 0 Å². The van der Waals surface area contributed by atoms with Crippen LogP contribution in [0.25, 0.3) is 0 Å². The van der Waals surface area contributed by atoms with Gasteiger partial charge in [-0.25, -0.2) is 4.98 Å². The Bertz CT molecular complexity index is 574. The predicted octanol–water partition coefficient (Wildman–Crippen LogP) is 3.94. The summed E-state index contributed by atoms with van der Waals surface area (Å²) in [6.07, 6.45) is 0. The van der Waals surface area contributed by atoms with Gasteiger partial charge in [-0.2, -0.15) is 4.98 Å². The van der Waals surface area contributed by atoms with E-state index in [9.17, 15) is 0 Å². The minimum absolute atomic E-state index is 0.613. The number of halogens is 2. The van der Waals surface area contributed by atoms with Gasteiger partial charge in [0, 0.05) is 26.9 Å². The Kier molecular flexibility index (Phi) is 4.39. The molecule has 0 fully saturated rings. The van der Waals surface area contributed by atoms with Gasteiger partial charge >= 0.3 is 0 Å². The van der Waals surface area contributed by atoms with E-state index in [0.717, 1.165) is 25.2 Å². The number of aromatic nitrogens is 2. The first-order valence-corrected chi connectivity index (χ1v) is 7.21. The molecule has 0 amide bonds. The lowest BCUT2D eigenvalue weighted by molar-refractivity contribution is 1.10. The molecule has 0 aliphatic heterocycles. The topological polar surface area (TPSA) is 49.8 Å². The van der Waals surface area contributed by atoms with Crippen LogP contribution in [0.15, 0.2) is 28.7 Å². The maximum atomic E-state index is 4.37. The Morgan fingerprint density at radius 2 is 2.00 bits per heavy atom. The van der Waals surface area contributed by atoms with Gasteiger partial charge in [0.25, 0.3) is 0 Å². The SMILES string of the molecule is CNc1nc(C)cc(Nc2cc(Br)ccc2I)n1. The van der Waals surface area contributed by atoms with Crippen molar-refractivity contribution in [2.24, 2.45) is 0 Å². The lowest BCUT2D eigenvalue weighted by Gasteiger charge is -2.10. The first-order valence-electron chi connectivity index (χ1n) is 5.34. The van der Waals surface area contributed by atoms with Gasteiger partial charge in [-0.05, 0) is 47.7 Å². The minimum atomic E-state index is 0.613. The molecule has 1 aromatic carbocycles. The number of nitrogens with zero attached hydrogens (tertiary/aromatic N) is 2. The number of anilines is 3. The fraction of sp³-hybridized carbons (Fsp3) is 0.167. The second-order valence-corrected chi connectivity index (χ2v) is 5.80. The Hall–Kier alpha value is -0.890. The largest absolute Gasteiger partial charge is 0.357 e. The molecular weight excluding hydrogens is 407 g/mol. The highest BCUT2D eigenvalue weighted by Crippen LogP contribution is 2.26. The van der Waals surface area contributed by atoms with E-state index in [1.165, 1.54) is 0 Å². The summed E-state index contributed by atoms with van der Waals surface area (Å²) >= 11 is 5.75. The van der Waals surface area contributed by atoms with Crippen molar-refractivity contribution in [2.75, 3.05) is 17.7 Å². The minimum Gasteiger partial charge on any atom is -0.357 e. The van der Waals surface area contributed by atoms with Crippen LogP contribution < -0.4 is 10.6 Å². The summed E-state index contributed by atoms with van der Waals surface area (Å²) in [5.74, 6) is 1.39. The summed E-state index contributed by atoms with van der Waals surface area (Å²) in [5, 5.41) is 6.25. The highest BCUT2D eigenvalue weighted by atomic mass is 127. The van der Waals surface area contributed by atoms with Crippen LogP contribution in [0.3, 0.4) is 0 Å². The van der Waals surface area contributed by atoms with Gasteiger partial charge < -0.3 is 10.6 Å². The van der Waals surface area contributed by atoms with Crippen LogP contribution in [0.5, 0.6) is 0 Å². The van der Waals surface area contributed by atoms with E-state index in [4.69, 9.17) is 0 Å². The summed E-state index contributed by atoms with van der Waals surface area (Å²) in [6, 6.07) is 7.99. The zero-order valence-electron chi connectivity index (χ0n) is 9.96. The van der Waals surface area contributed by atoms with Crippen LogP contribution in [0.4, 0.5) is 17.5 Å². The molecule has 18 heavy (non-hydrogen) atoms. The third-order valence-electron chi connectivity index (χ3n) is 2.27. The smallest absolute Gasteiger partial charge is 0.224 e. The Morgan fingerprint density at radius 1 is 1.22 bits per heavy atom. The molecule has 1 aromatic heterocycles. The standard InChI is InChI=1S/C12H12BrIN4/c1-7-5-11(18-12(15-2)16-7)17-10-6-8(13)3-4-9(10)14/h3-6H,1-2H3,(H2,15,16,17,18). The monoisotopic (exact) mass is 418 g/mol. The lowest BCUT2D eigenvalue weighted by atomic mass is 10.3. The number of benzene rings is 1. The van der Waals surface area contributed by atoms with E-state index in [2.05, 4.69) is 59.1 Å². The maximum absolute atomic E-state index is 4.37. The molecule has 4 nitrogen and oxygen atoms in total. The summed E-state index contributed by atoms with van der Waals surface area (Å²) < 4.78 is 2.17. The Morgan fingerprint density at radius 3 is 2.72 bits per heavy atom. The van der Waals surface area contributed by atoms with Crippen molar-refractivity contribution in [3.8, 4) is 0 Å². The number of rotatable bonds is 3. The molecular formula is C12H12BrIN4. The zero-order valence-corrected chi connectivity index (χ0v) is 13.7. The van der Waals surface area contributed by atoms with Crippen molar-refractivity contribution < 1.29 is 0 Å². The van der Waals surface area contributed by atoms with Crippen molar-refractivity contribution in [2.45, 2.75) is 6.92 Å². The number of aryl methyl sites for hydroxylation is 1. The van der Waals surface area contributed by atoms with Gasteiger partial charge in [-0.15, -0.1) is 0 Å². The Labute approximate surface area is 128 Å². The highest BCUT2D eigenvalue weighted by molar-refractivity contribution is 14.1. The fourth-order valence-electron chi connectivity index (χ4n) is 1.48.